The molecule has 0 aliphatic carbocycles. The van der Waals surface area contributed by atoms with Gasteiger partial charge in [-0.05, 0) is 31.2 Å². The Kier molecular flexibility index (Phi) is 4.41. The van der Waals surface area contributed by atoms with Gasteiger partial charge < -0.3 is 20.5 Å². The first-order valence-electron chi connectivity index (χ1n) is 6.24. The summed E-state index contributed by atoms with van der Waals surface area (Å²) in [7, 11) is 1.47. The average molecular weight is 262 g/mol. The van der Waals surface area contributed by atoms with E-state index in [4.69, 9.17) is 4.74 Å². The van der Waals surface area contributed by atoms with Gasteiger partial charge in [0.05, 0.1) is 7.11 Å². The van der Waals surface area contributed by atoms with Gasteiger partial charge in [0.1, 0.15) is 0 Å². The Balaban J connectivity index is 1.96. The van der Waals surface area contributed by atoms with Crippen LogP contribution in [0.1, 0.15) is 16.8 Å². The molecule has 1 aromatic carbocycles. The number of hydrogen-bond donors (Lipinski definition) is 3. The van der Waals surface area contributed by atoms with Crippen LogP contribution in [-0.4, -0.2) is 37.8 Å². The number of methoxy groups -OCH3 is 1. The summed E-state index contributed by atoms with van der Waals surface area (Å²) in [6.07, 6.45) is 3.05. The Morgan fingerprint density at radius 3 is 3.00 bits per heavy atom. The van der Waals surface area contributed by atoms with Crippen LogP contribution in [0.25, 0.3) is 0 Å². The summed E-state index contributed by atoms with van der Waals surface area (Å²) in [4.78, 5) is 11.9. The Hall–Kier alpha value is -2.01. The summed E-state index contributed by atoms with van der Waals surface area (Å²) in [5, 5.41) is 15.7. The van der Waals surface area contributed by atoms with Crippen molar-refractivity contribution in [3.8, 4) is 11.5 Å². The van der Waals surface area contributed by atoms with Gasteiger partial charge in [0.15, 0.2) is 11.5 Å². The highest BCUT2D eigenvalue weighted by molar-refractivity contribution is 5.95. The number of carbonyl (C=O) groups excluding carboxylic acids is 1. The molecule has 5 nitrogen and oxygen atoms in total. The molecule has 0 fully saturated rings. The van der Waals surface area contributed by atoms with Crippen molar-refractivity contribution in [1.29, 1.82) is 0 Å². The summed E-state index contributed by atoms with van der Waals surface area (Å²) in [6, 6.07) is 4.61. The van der Waals surface area contributed by atoms with Gasteiger partial charge in [-0.25, -0.2) is 0 Å². The van der Waals surface area contributed by atoms with Crippen LogP contribution >= 0.6 is 0 Å². The van der Waals surface area contributed by atoms with Gasteiger partial charge in [-0.15, -0.1) is 0 Å². The van der Waals surface area contributed by atoms with Gasteiger partial charge in [-0.1, -0.05) is 11.6 Å². The number of amides is 1. The smallest absolute Gasteiger partial charge is 0.251 e. The first-order valence-corrected chi connectivity index (χ1v) is 6.24. The van der Waals surface area contributed by atoms with E-state index in [2.05, 4.69) is 16.7 Å². The Morgan fingerprint density at radius 1 is 1.53 bits per heavy atom. The van der Waals surface area contributed by atoms with Crippen molar-refractivity contribution in [2.75, 3.05) is 26.7 Å². The van der Waals surface area contributed by atoms with E-state index in [0.29, 0.717) is 17.9 Å². The van der Waals surface area contributed by atoms with E-state index in [1.165, 1.54) is 18.7 Å². The highest BCUT2D eigenvalue weighted by Gasteiger charge is 2.10. The molecular weight excluding hydrogens is 244 g/mol. The SMILES string of the molecule is COc1ccc(C(=O)NCC2=CCNCC2)cc1O. The van der Waals surface area contributed by atoms with E-state index in [9.17, 15) is 9.90 Å². The normalized spacial score (nSPS) is 14.7. The number of benzene rings is 1. The van der Waals surface area contributed by atoms with E-state index in [1.807, 2.05) is 0 Å². The number of ether oxygens (including phenoxy) is 1. The van der Waals surface area contributed by atoms with E-state index in [-0.39, 0.29) is 11.7 Å². The lowest BCUT2D eigenvalue weighted by atomic mass is 10.1. The molecule has 1 aliphatic rings. The molecule has 1 aliphatic heterocycles. The van der Waals surface area contributed by atoms with Crippen LogP contribution < -0.4 is 15.4 Å². The Morgan fingerprint density at radius 2 is 2.37 bits per heavy atom. The standard InChI is InChI=1S/C14H18N2O3/c1-19-13-3-2-11(8-12(13)17)14(18)16-9-10-4-6-15-7-5-10/h2-4,8,15,17H,5-7,9H2,1H3,(H,16,18). The number of rotatable bonds is 4. The minimum Gasteiger partial charge on any atom is -0.504 e. The molecule has 2 rings (SSSR count). The monoisotopic (exact) mass is 262 g/mol. The third kappa shape index (κ3) is 3.48. The number of hydrogen-bond acceptors (Lipinski definition) is 4. The zero-order chi connectivity index (χ0) is 13.7. The van der Waals surface area contributed by atoms with Gasteiger partial charge in [-0.3, -0.25) is 4.79 Å². The van der Waals surface area contributed by atoms with Crippen molar-refractivity contribution in [2.45, 2.75) is 6.42 Å². The number of phenolic OH excluding ortho intramolecular Hbond substituents is 1. The highest BCUT2D eigenvalue weighted by Crippen LogP contribution is 2.26. The molecule has 0 spiro atoms. The maximum absolute atomic E-state index is 11.9. The number of phenols is 1. The summed E-state index contributed by atoms with van der Waals surface area (Å²) in [6.45, 7) is 2.35. The van der Waals surface area contributed by atoms with Crippen LogP contribution in [0.3, 0.4) is 0 Å². The van der Waals surface area contributed by atoms with Crippen molar-refractivity contribution in [1.82, 2.24) is 10.6 Å². The lowest BCUT2D eigenvalue weighted by molar-refractivity contribution is 0.0956. The average Bonchev–Trinajstić information content (AvgIpc) is 2.45. The zero-order valence-electron chi connectivity index (χ0n) is 10.9. The molecule has 3 N–H and O–H groups in total. The molecule has 0 aromatic heterocycles. The fourth-order valence-electron chi connectivity index (χ4n) is 1.96. The molecule has 0 saturated carbocycles. The molecule has 0 saturated heterocycles. The summed E-state index contributed by atoms with van der Waals surface area (Å²) in [5.74, 6) is 0.131. The maximum Gasteiger partial charge on any atom is 0.251 e. The van der Waals surface area contributed by atoms with Crippen LogP contribution in [0, 0.1) is 0 Å². The summed E-state index contributed by atoms with van der Waals surface area (Å²) < 4.78 is 4.94. The predicted molar refractivity (Wildman–Crippen MR) is 72.6 cm³/mol. The summed E-state index contributed by atoms with van der Waals surface area (Å²) in [5.41, 5.74) is 1.65. The second-order valence-corrected chi connectivity index (χ2v) is 4.39. The molecule has 19 heavy (non-hydrogen) atoms. The molecule has 0 atom stereocenters. The largest absolute Gasteiger partial charge is 0.504 e. The van der Waals surface area contributed by atoms with E-state index >= 15 is 0 Å². The number of carbonyl (C=O) groups is 1. The predicted octanol–water partition coefficient (Wildman–Crippen LogP) is 1.05. The second kappa shape index (κ2) is 6.24. The van der Waals surface area contributed by atoms with Crippen LogP contribution in [0.4, 0.5) is 0 Å². The fourth-order valence-corrected chi connectivity index (χ4v) is 1.96. The molecular formula is C14H18N2O3. The van der Waals surface area contributed by atoms with Crippen LogP contribution in [0.5, 0.6) is 11.5 Å². The Labute approximate surface area is 112 Å². The van der Waals surface area contributed by atoms with E-state index in [0.717, 1.165) is 19.5 Å². The minimum atomic E-state index is -0.197. The Bertz CT molecular complexity index is 497. The molecule has 0 radical (unpaired) electrons. The van der Waals surface area contributed by atoms with Crippen LogP contribution in [0.2, 0.25) is 0 Å². The fraction of sp³-hybridized carbons (Fsp3) is 0.357. The van der Waals surface area contributed by atoms with Crippen LogP contribution in [0.15, 0.2) is 29.8 Å². The molecule has 1 amide bonds. The van der Waals surface area contributed by atoms with Gasteiger partial charge in [0.25, 0.3) is 5.91 Å². The summed E-state index contributed by atoms with van der Waals surface area (Å²) >= 11 is 0. The molecule has 1 aromatic rings. The maximum atomic E-state index is 11.9. The first kappa shape index (κ1) is 13.4. The van der Waals surface area contributed by atoms with Crippen molar-refractivity contribution in [3.05, 3.63) is 35.4 Å². The number of nitrogens with one attached hydrogen (secondary N) is 2. The van der Waals surface area contributed by atoms with E-state index < -0.39 is 0 Å². The highest BCUT2D eigenvalue weighted by atomic mass is 16.5. The van der Waals surface area contributed by atoms with Crippen molar-refractivity contribution in [3.63, 3.8) is 0 Å². The van der Waals surface area contributed by atoms with Gasteiger partial charge >= 0.3 is 0 Å². The van der Waals surface area contributed by atoms with Gasteiger partial charge in [0, 0.05) is 18.7 Å². The molecule has 0 bridgehead atoms. The quantitative estimate of drug-likeness (QED) is 0.709. The third-order valence-electron chi connectivity index (χ3n) is 3.08. The van der Waals surface area contributed by atoms with Crippen LogP contribution in [-0.2, 0) is 0 Å². The lowest BCUT2D eigenvalue weighted by Crippen LogP contribution is -2.29. The van der Waals surface area contributed by atoms with Gasteiger partial charge in [0.2, 0.25) is 0 Å². The molecule has 1 heterocycles. The minimum absolute atomic E-state index is 0.0313. The lowest BCUT2D eigenvalue weighted by Gasteiger charge is -2.14. The van der Waals surface area contributed by atoms with Crippen molar-refractivity contribution < 1.29 is 14.6 Å². The topological polar surface area (TPSA) is 70.6 Å². The second-order valence-electron chi connectivity index (χ2n) is 4.39. The third-order valence-corrected chi connectivity index (χ3v) is 3.08. The zero-order valence-corrected chi connectivity index (χ0v) is 10.9. The molecule has 102 valence electrons. The number of aromatic hydroxyl groups is 1. The van der Waals surface area contributed by atoms with Crippen molar-refractivity contribution >= 4 is 5.91 Å². The van der Waals surface area contributed by atoms with E-state index in [1.54, 1.807) is 12.1 Å². The first-order chi connectivity index (χ1) is 9.20. The molecule has 0 unspecified atom stereocenters. The van der Waals surface area contributed by atoms with Crippen molar-refractivity contribution in [2.24, 2.45) is 0 Å². The van der Waals surface area contributed by atoms with Gasteiger partial charge in [-0.2, -0.15) is 0 Å². The molecule has 5 heteroatoms.